The number of aliphatic hydroxyl groups excluding tert-OH is 4. The van der Waals surface area contributed by atoms with Crippen molar-refractivity contribution >= 4 is 82.4 Å². The van der Waals surface area contributed by atoms with Gasteiger partial charge in [-0.3, -0.25) is 58.0 Å². The normalized spacial score (nSPS) is 33.7. The first kappa shape index (κ1) is 79.9. The zero-order chi connectivity index (χ0) is 77.9. The van der Waals surface area contributed by atoms with E-state index in [0.717, 1.165) is 19.8 Å². The first-order valence-corrected chi connectivity index (χ1v) is 36.7. The van der Waals surface area contributed by atoms with Gasteiger partial charge in [0.05, 0.1) is 24.4 Å². The number of nitrogens with zero attached hydrogens (tertiary/aromatic N) is 4. The maximum atomic E-state index is 15.5. The molecule has 106 heavy (non-hydrogen) atoms. The smallest absolute Gasteiger partial charge is 0.329 e. The van der Waals surface area contributed by atoms with Crippen LogP contribution in [-0.2, 0) is 78.2 Å². The van der Waals surface area contributed by atoms with Crippen LogP contribution in [0.25, 0.3) is 11.1 Å². The topological polar surface area (TPSA) is 478 Å². The van der Waals surface area contributed by atoms with Crippen LogP contribution in [-0.4, -0.2) is 244 Å². The van der Waals surface area contributed by atoms with Crippen LogP contribution < -0.4 is 53.4 Å². The molecule has 8 heterocycles. The molecular weight excluding hydrogens is 1380 g/mol. The fraction of sp³-hybridized carbons (Fsp3) is 0.667. The van der Waals surface area contributed by atoms with Gasteiger partial charge in [-0.05, 0) is 97.6 Å². The van der Waals surface area contributed by atoms with E-state index in [-0.39, 0.29) is 73.1 Å². The summed E-state index contributed by atoms with van der Waals surface area (Å²) in [5, 5.41) is 95.6. The number of nitrogens with one attached hydrogen (secondary N) is 10. The summed E-state index contributed by atoms with van der Waals surface area (Å²) in [4.78, 5) is 180. The molecule has 2 aromatic carbocycles. The molecular formula is C72H104N14O20. The lowest BCUT2D eigenvalue weighted by Gasteiger charge is -2.40. The maximum Gasteiger partial charge on any atom is 0.329 e. The summed E-state index contributed by atoms with van der Waals surface area (Å²) in [7, 11) is 0. The van der Waals surface area contributed by atoms with E-state index in [4.69, 9.17) is 9.47 Å². The number of esters is 2. The van der Waals surface area contributed by atoms with E-state index in [0.29, 0.717) is 11.1 Å². The minimum Gasteiger partial charge on any atom is -0.450 e. The van der Waals surface area contributed by atoms with Crippen LogP contribution in [0.1, 0.15) is 147 Å². The van der Waals surface area contributed by atoms with E-state index < -0.39 is 228 Å². The summed E-state index contributed by atoms with van der Waals surface area (Å²) >= 11 is 0. The predicted octanol–water partition coefficient (Wildman–Crippen LogP) is -2.40. The van der Waals surface area contributed by atoms with Crippen molar-refractivity contribution in [1.29, 1.82) is 0 Å². The van der Waals surface area contributed by atoms with Crippen molar-refractivity contribution in [2.45, 2.75) is 256 Å². The van der Waals surface area contributed by atoms with Crippen LogP contribution in [0.15, 0.2) is 36.4 Å². The minimum atomic E-state index is -2.21. The van der Waals surface area contributed by atoms with Crippen LogP contribution in [0.4, 0.5) is 11.4 Å². The van der Waals surface area contributed by atoms with Crippen LogP contribution in [0.3, 0.4) is 0 Å². The molecule has 20 atom stereocenters. The molecule has 0 aromatic heterocycles. The molecule has 6 fully saturated rings. The number of ether oxygens (including phenoxy) is 2. The number of cyclic esters (lactones) is 2. The predicted molar refractivity (Wildman–Crippen MR) is 376 cm³/mol. The van der Waals surface area contributed by atoms with E-state index >= 15 is 19.2 Å². The van der Waals surface area contributed by atoms with Crippen molar-refractivity contribution in [1.82, 2.24) is 62.6 Å². The Morgan fingerprint density at radius 1 is 0.425 bits per heavy atom. The van der Waals surface area contributed by atoms with Gasteiger partial charge in [0, 0.05) is 61.3 Å². The fourth-order valence-electron chi connectivity index (χ4n) is 15.5. The van der Waals surface area contributed by atoms with Gasteiger partial charge in [0.25, 0.3) is 11.8 Å². The second-order valence-corrected chi connectivity index (χ2v) is 31.8. The highest BCUT2D eigenvalue weighted by atomic mass is 16.6. The van der Waals surface area contributed by atoms with Gasteiger partial charge in [0.2, 0.25) is 47.3 Å². The minimum absolute atomic E-state index is 0.0334. The molecule has 1 unspecified atom stereocenters. The molecule has 0 spiro atoms. The molecule has 0 saturated carbocycles. The number of anilines is 2. The van der Waals surface area contributed by atoms with Crippen molar-refractivity contribution in [3.05, 3.63) is 47.5 Å². The summed E-state index contributed by atoms with van der Waals surface area (Å²) in [5.74, 6) is -15.1. The maximum absolute atomic E-state index is 15.5. The Morgan fingerprint density at radius 2 is 0.755 bits per heavy atom. The van der Waals surface area contributed by atoms with Gasteiger partial charge in [-0.25, -0.2) is 20.4 Å². The largest absolute Gasteiger partial charge is 0.450 e. The summed E-state index contributed by atoms with van der Waals surface area (Å²) < 4.78 is 11.9. The van der Waals surface area contributed by atoms with Gasteiger partial charge in [0.1, 0.15) is 84.0 Å². The monoisotopic (exact) mass is 1480 g/mol. The second-order valence-electron chi connectivity index (χ2n) is 31.8. The molecule has 34 heteroatoms. The quantitative estimate of drug-likeness (QED) is 0.104. The highest BCUT2D eigenvalue weighted by Crippen LogP contribution is 2.53. The molecule has 0 bridgehead atoms. The number of amides is 10. The summed E-state index contributed by atoms with van der Waals surface area (Å²) in [5.41, 5.74) is 2.62. The Kier molecular flexibility index (Phi) is 23.6. The summed E-state index contributed by atoms with van der Waals surface area (Å²) in [6.45, 7) is 21.9. The zero-order valence-electron chi connectivity index (χ0n) is 62.2. The van der Waals surface area contributed by atoms with Gasteiger partial charge in [-0.2, -0.15) is 0 Å². The molecule has 34 nitrogen and oxygen atoms in total. The Morgan fingerprint density at radius 3 is 1.07 bits per heavy atom. The fourth-order valence-corrected chi connectivity index (χ4v) is 15.5. The molecule has 582 valence electrons. The first-order chi connectivity index (χ1) is 49.7. The van der Waals surface area contributed by atoms with E-state index in [2.05, 4.69) is 53.4 Å². The molecule has 0 radical (unpaired) electrons. The van der Waals surface area contributed by atoms with Crippen molar-refractivity contribution in [3.8, 4) is 11.1 Å². The highest BCUT2D eigenvalue weighted by molar-refractivity contribution is 6.01. The van der Waals surface area contributed by atoms with Crippen molar-refractivity contribution < 1.29 is 97.6 Å². The van der Waals surface area contributed by atoms with Crippen LogP contribution in [0.2, 0.25) is 0 Å². The van der Waals surface area contributed by atoms with Crippen molar-refractivity contribution in [2.24, 2.45) is 35.5 Å². The van der Waals surface area contributed by atoms with Crippen LogP contribution in [0.5, 0.6) is 0 Å². The van der Waals surface area contributed by atoms with Crippen molar-refractivity contribution in [2.75, 3.05) is 23.7 Å². The first-order valence-electron chi connectivity index (χ1n) is 36.7. The molecule has 10 rings (SSSR count). The van der Waals surface area contributed by atoms with Gasteiger partial charge < -0.3 is 92.4 Å². The molecule has 8 aliphatic heterocycles. The number of aliphatic hydroxyl groups is 6. The number of rotatable bonds is 11. The lowest BCUT2D eigenvalue weighted by Crippen LogP contribution is -2.67. The summed E-state index contributed by atoms with van der Waals surface area (Å²) in [6.07, 6.45) is -13.7. The standard InChI is InChI=1S/C72H104N14O20/c1-29(2)19-45-57(91)81-53(35(13)87)63(97)83-49(61(95)79-51(31(5)6)67(101)105-55(33(9)10)65(99)85-47(59(93)75-45)23-39(89)27-73-85)25-71(103)41-21-37(15-17-43(41)77-69(71)83)38-16-18-44-42(22-38)72(104)26-50-62(96)80-52(32(7)8)68(102)106-56(34(11)12)66(100)86-48(24-40(90)28-74-86)60(94)76-46(20-30(3)4)58(92)82-54(36(14)88)64(98)84(50)70(72)78-44/h15-18,21-22,29-36,39-40,45-56,69-70,73-74,77-78,87-90,103-104H,19-20,23-28H2,1-14H3,(H,75,93)(H,76,94)(H,79,95)(H,80,96)(H,81,91)(H,82,92)/t35-,36-,39+,40+,45-,46-,47+,48?,49+,50+,51+,52+,53+,54+,55-,56-,69-,70-,71+,72+/m0/s1. The number of β-amino-alcohol motifs (C(OH)–C–C–N with tert-alkyl or cyclic N) is 2. The SMILES string of the molecule is CC(C)C[C@@H]1NC(=O)C2C[C@@H](O)CNN2C(=O)[C@H](C(C)C)OC(=O)[C@@H](C(C)C)NC(=O)[C@H]2C[C@@]3(O)c4cc(-c5ccc6c(c5)[C@]5(O)C[C@@H]7C(=O)N[C@H](C(C)C)C(=O)O[C@@H](C(C)C)C(=O)N8NC[C@H](O)C[C@@H]8C(=O)N[C@@H](CC(C)C)C(=O)N[C@H]([C@H](C)O)C(=O)N7[C@@H]5N6)ccc4N[C@H]3N2C(=O)[C@@H]([C@H](C)O)NC1=O. The van der Waals surface area contributed by atoms with E-state index in [1.165, 1.54) is 13.8 Å². The molecule has 0 aliphatic carbocycles. The molecule has 10 amide bonds. The third-order valence-electron chi connectivity index (χ3n) is 21.2. The Bertz CT molecular complexity index is 3540. The number of hydrogen-bond donors (Lipinski definition) is 16. The Hall–Kier alpha value is -8.64. The summed E-state index contributed by atoms with van der Waals surface area (Å²) in [6, 6.07) is -6.29. The van der Waals surface area contributed by atoms with E-state index in [1.54, 1.807) is 119 Å². The number of hydrazine groups is 2. The van der Waals surface area contributed by atoms with Crippen molar-refractivity contribution in [3.63, 3.8) is 0 Å². The number of fused-ring (bicyclic) bond motifs is 12. The van der Waals surface area contributed by atoms with Gasteiger partial charge in [-0.1, -0.05) is 95.2 Å². The van der Waals surface area contributed by atoms with E-state index in [9.17, 15) is 69.0 Å². The lowest BCUT2D eigenvalue weighted by molar-refractivity contribution is -0.172. The molecule has 16 N–H and O–H groups in total. The third-order valence-corrected chi connectivity index (χ3v) is 21.2. The Labute approximate surface area is 614 Å². The highest BCUT2D eigenvalue weighted by Gasteiger charge is 2.64. The molecule has 2 aromatic rings. The number of hydrogen-bond acceptors (Lipinski definition) is 24. The zero-order valence-corrected chi connectivity index (χ0v) is 62.2. The Balaban J connectivity index is 1.01. The average molecular weight is 1490 g/mol. The van der Waals surface area contributed by atoms with Crippen LogP contribution >= 0.6 is 0 Å². The van der Waals surface area contributed by atoms with Crippen LogP contribution in [0, 0.1) is 35.5 Å². The molecule has 6 saturated heterocycles. The average Bonchev–Trinajstić information content (AvgIpc) is 1.55. The number of carbonyl (C=O) groups excluding carboxylic acids is 12. The molecule has 8 aliphatic rings. The van der Waals surface area contributed by atoms with Gasteiger partial charge in [0.15, 0.2) is 12.2 Å². The lowest BCUT2D eigenvalue weighted by atomic mass is 9.86. The number of benzene rings is 2. The third kappa shape index (κ3) is 15.6. The number of carbonyl (C=O) groups is 12. The van der Waals surface area contributed by atoms with Gasteiger partial charge >= 0.3 is 11.9 Å². The second kappa shape index (κ2) is 31.3. The van der Waals surface area contributed by atoms with E-state index in [1.807, 2.05) is 0 Å². The van der Waals surface area contributed by atoms with Gasteiger partial charge in [-0.15, -0.1) is 0 Å².